The number of nitrogens with zero attached hydrogens (tertiary/aromatic N) is 1. The summed E-state index contributed by atoms with van der Waals surface area (Å²) in [7, 11) is 0. The van der Waals surface area contributed by atoms with Crippen molar-refractivity contribution in [3.05, 3.63) is 0 Å². The van der Waals surface area contributed by atoms with Crippen molar-refractivity contribution in [1.82, 2.24) is 10.2 Å². The van der Waals surface area contributed by atoms with Crippen LogP contribution >= 0.6 is 0 Å². The summed E-state index contributed by atoms with van der Waals surface area (Å²) in [5.74, 6) is 1.04. The molecule has 0 bridgehead atoms. The molecule has 1 N–H and O–H groups in total. The summed E-state index contributed by atoms with van der Waals surface area (Å²) in [5.41, 5.74) is 0.580. The van der Waals surface area contributed by atoms with Crippen LogP contribution < -0.4 is 5.32 Å². The van der Waals surface area contributed by atoms with E-state index in [0.29, 0.717) is 5.41 Å². The van der Waals surface area contributed by atoms with Crippen LogP contribution in [0.4, 0.5) is 0 Å². The summed E-state index contributed by atoms with van der Waals surface area (Å²) >= 11 is 0. The molecule has 0 atom stereocenters. The predicted octanol–water partition coefficient (Wildman–Crippen LogP) is 2.11. The standard InChI is InChI=1S/C13H26N2/c1-3-15(10-12-4-5-12)11-13(2)6-8-14-9-7-13/h12,14H,3-11H2,1-2H3. The smallest absolute Gasteiger partial charge is 0.00363 e. The third kappa shape index (κ3) is 3.46. The van der Waals surface area contributed by atoms with Gasteiger partial charge in [0.1, 0.15) is 0 Å². The number of hydrogen-bond acceptors (Lipinski definition) is 2. The first-order valence-electron chi connectivity index (χ1n) is 6.65. The Kier molecular flexibility index (Phi) is 3.68. The monoisotopic (exact) mass is 210 g/mol. The normalized spacial score (nSPS) is 25.8. The molecule has 2 rings (SSSR count). The van der Waals surface area contributed by atoms with E-state index in [2.05, 4.69) is 24.1 Å². The van der Waals surface area contributed by atoms with E-state index < -0.39 is 0 Å². The van der Waals surface area contributed by atoms with Crippen molar-refractivity contribution in [3.63, 3.8) is 0 Å². The Morgan fingerprint density at radius 1 is 1.27 bits per heavy atom. The molecule has 1 saturated carbocycles. The van der Waals surface area contributed by atoms with Crippen LogP contribution in [-0.4, -0.2) is 37.6 Å². The van der Waals surface area contributed by atoms with Crippen LogP contribution in [0.2, 0.25) is 0 Å². The lowest BCUT2D eigenvalue weighted by atomic mass is 9.80. The summed E-state index contributed by atoms with van der Waals surface area (Å²) < 4.78 is 0. The molecule has 1 aliphatic heterocycles. The third-order valence-corrected chi connectivity index (χ3v) is 4.08. The van der Waals surface area contributed by atoms with E-state index in [-0.39, 0.29) is 0 Å². The maximum atomic E-state index is 3.47. The zero-order valence-corrected chi connectivity index (χ0v) is 10.4. The highest BCUT2D eigenvalue weighted by Crippen LogP contribution is 2.33. The molecule has 1 saturated heterocycles. The summed E-state index contributed by atoms with van der Waals surface area (Å²) in [6.45, 7) is 11.1. The fourth-order valence-electron chi connectivity index (χ4n) is 2.70. The van der Waals surface area contributed by atoms with Crippen molar-refractivity contribution in [2.45, 2.75) is 39.5 Å². The molecule has 0 unspecified atom stereocenters. The molecule has 0 aromatic rings. The van der Waals surface area contributed by atoms with E-state index in [1.807, 2.05) is 0 Å². The maximum absolute atomic E-state index is 3.47. The first kappa shape index (κ1) is 11.4. The molecule has 2 nitrogen and oxygen atoms in total. The van der Waals surface area contributed by atoms with Crippen molar-refractivity contribution < 1.29 is 0 Å². The van der Waals surface area contributed by atoms with Gasteiger partial charge in [0.2, 0.25) is 0 Å². The van der Waals surface area contributed by atoms with Gasteiger partial charge in [0.15, 0.2) is 0 Å². The van der Waals surface area contributed by atoms with Crippen LogP contribution in [0.15, 0.2) is 0 Å². The minimum absolute atomic E-state index is 0.580. The third-order valence-electron chi connectivity index (χ3n) is 4.08. The summed E-state index contributed by atoms with van der Waals surface area (Å²) in [4.78, 5) is 2.68. The molecule has 0 amide bonds. The lowest BCUT2D eigenvalue weighted by molar-refractivity contribution is 0.128. The van der Waals surface area contributed by atoms with Gasteiger partial charge in [-0.3, -0.25) is 0 Å². The average molecular weight is 210 g/mol. The molecular formula is C13H26N2. The number of rotatable bonds is 5. The Labute approximate surface area is 94.4 Å². The second-order valence-corrected chi connectivity index (χ2v) is 5.83. The predicted molar refractivity (Wildman–Crippen MR) is 65.0 cm³/mol. The average Bonchev–Trinajstić information content (AvgIpc) is 3.01. The van der Waals surface area contributed by atoms with Gasteiger partial charge in [0.05, 0.1) is 0 Å². The molecule has 0 aromatic heterocycles. The van der Waals surface area contributed by atoms with Crippen molar-refractivity contribution in [1.29, 1.82) is 0 Å². The SMILES string of the molecule is CCN(CC1CC1)CC1(C)CCNCC1. The largest absolute Gasteiger partial charge is 0.317 e. The number of piperidine rings is 1. The van der Waals surface area contributed by atoms with Gasteiger partial charge >= 0.3 is 0 Å². The van der Waals surface area contributed by atoms with Crippen molar-refractivity contribution in [2.24, 2.45) is 11.3 Å². The van der Waals surface area contributed by atoms with Crippen molar-refractivity contribution in [3.8, 4) is 0 Å². The fraction of sp³-hybridized carbons (Fsp3) is 1.00. The Morgan fingerprint density at radius 3 is 2.47 bits per heavy atom. The van der Waals surface area contributed by atoms with Crippen LogP contribution in [0.3, 0.4) is 0 Å². The number of hydrogen-bond donors (Lipinski definition) is 1. The Hall–Kier alpha value is -0.0800. The molecule has 15 heavy (non-hydrogen) atoms. The van der Waals surface area contributed by atoms with Crippen molar-refractivity contribution in [2.75, 3.05) is 32.7 Å². The van der Waals surface area contributed by atoms with Gasteiger partial charge in [-0.1, -0.05) is 13.8 Å². The molecule has 1 aliphatic carbocycles. The van der Waals surface area contributed by atoms with Crippen LogP contribution in [-0.2, 0) is 0 Å². The summed E-state index contributed by atoms with van der Waals surface area (Å²) in [5, 5.41) is 3.47. The second kappa shape index (κ2) is 4.84. The second-order valence-electron chi connectivity index (χ2n) is 5.83. The Bertz CT molecular complexity index is 193. The molecule has 0 spiro atoms. The zero-order valence-electron chi connectivity index (χ0n) is 10.4. The fourth-order valence-corrected chi connectivity index (χ4v) is 2.70. The summed E-state index contributed by atoms with van der Waals surface area (Å²) in [6.07, 6.45) is 5.67. The summed E-state index contributed by atoms with van der Waals surface area (Å²) in [6, 6.07) is 0. The number of nitrogens with one attached hydrogen (secondary N) is 1. The van der Waals surface area contributed by atoms with Gasteiger partial charge in [0.25, 0.3) is 0 Å². The zero-order chi connectivity index (χ0) is 10.7. The Balaban J connectivity index is 1.80. The molecule has 2 heteroatoms. The maximum Gasteiger partial charge on any atom is 0.00363 e. The van der Waals surface area contributed by atoms with E-state index in [4.69, 9.17) is 0 Å². The van der Waals surface area contributed by atoms with Gasteiger partial charge in [-0.05, 0) is 56.7 Å². The van der Waals surface area contributed by atoms with E-state index in [1.165, 1.54) is 58.4 Å². The van der Waals surface area contributed by atoms with Gasteiger partial charge in [-0.2, -0.15) is 0 Å². The lowest BCUT2D eigenvalue weighted by Gasteiger charge is -2.38. The molecule has 0 aromatic carbocycles. The highest BCUT2D eigenvalue weighted by atomic mass is 15.1. The lowest BCUT2D eigenvalue weighted by Crippen LogP contribution is -2.43. The minimum atomic E-state index is 0.580. The van der Waals surface area contributed by atoms with Gasteiger partial charge in [0, 0.05) is 13.1 Å². The van der Waals surface area contributed by atoms with Crippen LogP contribution in [0.5, 0.6) is 0 Å². The minimum Gasteiger partial charge on any atom is -0.317 e. The highest BCUT2D eigenvalue weighted by Gasteiger charge is 2.31. The molecule has 2 aliphatic rings. The van der Waals surface area contributed by atoms with Gasteiger partial charge in [-0.15, -0.1) is 0 Å². The van der Waals surface area contributed by atoms with Crippen LogP contribution in [0.25, 0.3) is 0 Å². The quantitative estimate of drug-likeness (QED) is 0.747. The van der Waals surface area contributed by atoms with Crippen LogP contribution in [0.1, 0.15) is 39.5 Å². The van der Waals surface area contributed by atoms with Crippen LogP contribution in [0, 0.1) is 11.3 Å². The highest BCUT2D eigenvalue weighted by molar-refractivity contribution is 4.85. The molecule has 88 valence electrons. The van der Waals surface area contributed by atoms with Gasteiger partial charge in [-0.25, -0.2) is 0 Å². The van der Waals surface area contributed by atoms with Crippen molar-refractivity contribution >= 4 is 0 Å². The van der Waals surface area contributed by atoms with Gasteiger partial charge < -0.3 is 10.2 Å². The molecular weight excluding hydrogens is 184 g/mol. The molecule has 2 fully saturated rings. The first-order valence-corrected chi connectivity index (χ1v) is 6.65. The van der Waals surface area contributed by atoms with E-state index in [9.17, 15) is 0 Å². The first-order chi connectivity index (χ1) is 7.22. The van der Waals surface area contributed by atoms with E-state index in [1.54, 1.807) is 0 Å². The van der Waals surface area contributed by atoms with E-state index >= 15 is 0 Å². The topological polar surface area (TPSA) is 15.3 Å². The molecule has 1 heterocycles. The Morgan fingerprint density at radius 2 is 1.93 bits per heavy atom. The molecule has 0 radical (unpaired) electrons. The van der Waals surface area contributed by atoms with E-state index in [0.717, 1.165) is 5.92 Å².